The fraction of sp³-hybridized carbons (Fsp3) is 0.423. The zero-order valence-electron chi connectivity index (χ0n) is 19.0. The molecule has 180 valence electrons. The summed E-state index contributed by atoms with van der Waals surface area (Å²) >= 11 is 12.2. The number of benzene rings is 2. The molecule has 2 aliphatic rings. The van der Waals surface area contributed by atoms with Crippen LogP contribution in [0.2, 0.25) is 10.0 Å². The molecule has 2 aliphatic heterocycles. The van der Waals surface area contributed by atoms with Crippen LogP contribution in [0.5, 0.6) is 0 Å². The minimum atomic E-state index is -0.644. The molecule has 2 aromatic rings. The molecule has 2 saturated heterocycles. The van der Waals surface area contributed by atoms with Crippen molar-refractivity contribution >= 4 is 40.9 Å². The van der Waals surface area contributed by atoms with Crippen molar-refractivity contribution in [2.45, 2.75) is 38.1 Å². The zero-order chi connectivity index (χ0) is 24.1. The van der Waals surface area contributed by atoms with Crippen molar-refractivity contribution in [1.29, 1.82) is 0 Å². The molecule has 0 bridgehead atoms. The molecular formula is C26H29Cl2N3O3. The molecule has 0 aliphatic carbocycles. The summed E-state index contributed by atoms with van der Waals surface area (Å²) in [5.41, 5.74) is 0.951. The van der Waals surface area contributed by atoms with E-state index >= 15 is 0 Å². The molecule has 0 radical (unpaired) electrons. The van der Waals surface area contributed by atoms with Crippen molar-refractivity contribution in [3.63, 3.8) is 0 Å². The molecule has 2 heterocycles. The van der Waals surface area contributed by atoms with Crippen LogP contribution in [0.3, 0.4) is 0 Å². The number of carbonyl (C=O) groups excluding carboxylic acids is 3. The lowest BCUT2D eigenvalue weighted by Crippen LogP contribution is -2.55. The van der Waals surface area contributed by atoms with Gasteiger partial charge in [0.05, 0.1) is 10.6 Å². The Bertz CT molecular complexity index is 1030. The Labute approximate surface area is 210 Å². The van der Waals surface area contributed by atoms with Crippen LogP contribution in [0, 0.1) is 5.92 Å². The zero-order valence-corrected chi connectivity index (χ0v) is 20.5. The first-order valence-electron chi connectivity index (χ1n) is 11.8. The van der Waals surface area contributed by atoms with Crippen molar-refractivity contribution in [1.82, 2.24) is 15.1 Å². The number of amides is 3. The number of piperidine rings is 2. The van der Waals surface area contributed by atoms with Crippen LogP contribution in [0.4, 0.5) is 0 Å². The fourth-order valence-electron chi connectivity index (χ4n) is 4.77. The fourth-order valence-corrected chi connectivity index (χ4v) is 5.12. The number of likely N-dealkylation sites (tertiary alicyclic amines) is 2. The van der Waals surface area contributed by atoms with Gasteiger partial charge in [-0.2, -0.15) is 0 Å². The third-order valence-corrected chi connectivity index (χ3v) is 7.31. The summed E-state index contributed by atoms with van der Waals surface area (Å²) in [6, 6.07) is 13.1. The normalized spacial score (nSPS) is 17.8. The molecule has 2 fully saturated rings. The number of carbonyl (C=O) groups is 3. The van der Waals surface area contributed by atoms with Crippen LogP contribution in [0.1, 0.15) is 52.8 Å². The van der Waals surface area contributed by atoms with E-state index in [9.17, 15) is 14.4 Å². The van der Waals surface area contributed by atoms with Crippen molar-refractivity contribution in [2.24, 2.45) is 5.92 Å². The summed E-state index contributed by atoms with van der Waals surface area (Å²) in [7, 11) is 0. The highest BCUT2D eigenvalue weighted by molar-refractivity contribution is 6.33. The van der Waals surface area contributed by atoms with Gasteiger partial charge < -0.3 is 15.1 Å². The SMILES string of the molecule is O=C(N[C@H](C(=O)N1CCCCC1)C1CCN(C(=O)c2ccc(Cl)cc2)CC1)c1ccccc1Cl. The Kier molecular flexibility index (Phi) is 8.11. The van der Waals surface area contributed by atoms with Crippen LogP contribution in [0.25, 0.3) is 0 Å². The first-order chi connectivity index (χ1) is 16.4. The second-order valence-electron chi connectivity index (χ2n) is 8.95. The van der Waals surface area contributed by atoms with E-state index in [4.69, 9.17) is 23.2 Å². The molecule has 0 unspecified atom stereocenters. The maximum Gasteiger partial charge on any atom is 0.253 e. The van der Waals surface area contributed by atoms with Gasteiger partial charge in [-0.15, -0.1) is 0 Å². The van der Waals surface area contributed by atoms with E-state index in [0.717, 1.165) is 19.3 Å². The van der Waals surface area contributed by atoms with Gasteiger partial charge in [-0.3, -0.25) is 14.4 Å². The molecule has 3 amide bonds. The second-order valence-corrected chi connectivity index (χ2v) is 9.80. The predicted molar refractivity (Wildman–Crippen MR) is 133 cm³/mol. The first kappa shape index (κ1) is 24.6. The Morgan fingerprint density at radius 2 is 1.47 bits per heavy atom. The summed E-state index contributed by atoms with van der Waals surface area (Å²) in [5.74, 6) is -0.493. The second kappa shape index (κ2) is 11.2. The maximum absolute atomic E-state index is 13.5. The molecule has 0 saturated carbocycles. The largest absolute Gasteiger partial charge is 0.341 e. The lowest BCUT2D eigenvalue weighted by molar-refractivity contribution is -0.136. The molecule has 34 heavy (non-hydrogen) atoms. The van der Waals surface area contributed by atoms with Gasteiger partial charge in [0, 0.05) is 36.8 Å². The summed E-state index contributed by atoms with van der Waals surface area (Å²) in [6.07, 6.45) is 4.33. The Hall–Kier alpha value is -2.57. The summed E-state index contributed by atoms with van der Waals surface area (Å²) in [5, 5.41) is 3.93. The van der Waals surface area contributed by atoms with Crippen LogP contribution in [-0.4, -0.2) is 59.7 Å². The molecule has 6 nitrogen and oxygen atoms in total. The highest BCUT2D eigenvalue weighted by atomic mass is 35.5. The van der Waals surface area contributed by atoms with Crippen molar-refractivity contribution in [2.75, 3.05) is 26.2 Å². The van der Waals surface area contributed by atoms with Gasteiger partial charge in [-0.05, 0) is 74.4 Å². The average molecular weight is 502 g/mol. The van der Waals surface area contributed by atoms with Crippen LogP contribution >= 0.6 is 23.2 Å². The van der Waals surface area contributed by atoms with Gasteiger partial charge in [0.2, 0.25) is 5.91 Å². The van der Waals surface area contributed by atoms with Gasteiger partial charge in [-0.25, -0.2) is 0 Å². The molecular weight excluding hydrogens is 473 g/mol. The number of hydrogen-bond donors (Lipinski definition) is 1. The summed E-state index contributed by atoms with van der Waals surface area (Å²) < 4.78 is 0. The lowest BCUT2D eigenvalue weighted by atomic mass is 9.87. The summed E-state index contributed by atoms with van der Waals surface area (Å²) in [4.78, 5) is 43.1. The lowest BCUT2D eigenvalue weighted by Gasteiger charge is -2.38. The third-order valence-electron chi connectivity index (χ3n) is 6.73. The molecule has 0 spiro atoms. The average Bonchev–Trinajstić information content (AvgIpc) is 2.88. The van der Waals surface area contributed by atoms with E-state index < -0.39 is 6.04 Å². The Morgan fingerprint density at radius 1 is 0.824 bits per heavy atom. The maximum atomic E-state index is 13.5. The molecule has 1 N–H and O–H groups in total. The third kappa shape index (κ3) is 5.73. The number of rotatable bonds is 5. The number of hydrogen-bond acceptors (Lipinski definition) is 3. The Balaban J connectivity index is 1.47. The van der Waals surface area contributed by atoms with E-state index in [1.165, 1.54) is 0 Å². The van der Waals surface area contributed by atoms with E-state index in [-0.39, 0.29) is 23.6 Å². The predicted octanol–water partition coefficient (Wildman–Crippen LogP) is 4.66. The van der Waals surface area contributed by atoms with E-state index in [1.807, 2.05) is 4.90 Å². The standard InChI is InChI=1S/C26H29Cl2N3O3/c27-20-10-8-19(9-11-20)25(33)31-16-12-18(13-17-31)23(26(34)30-14-4-1-5-15-30)29-24(32)21-6-2-3-7-22(21)28/h2-3,6-11,18,23H,1,4-5,12-17H2,(H,29,32)/t23-/m0/s1. The minimum absolute atomic E-state index is 0.0393. The van der Waals surface area contributed by atoms with Gasteiger partial charge in [0.1, 0.15) is 6.04 Å². The molecule has 1 atom stereocenters. The van der Waals surface area contributed by atoms with Crippen molar-refractivity contribution in [3.8, 4) is 0 Å². The smallest absolute Gasteiger partial charge is 0.253 e. The number of halogens is 2. The van der Waals surface area contributed by atoms with Crippen LogP contribution < -0.4 is 5.32 Å². The molecule has 4 rings (SSSR count). The van der Waals surface area contributed by atoms with Gasteiger partial charge >= 0.3 is 0 Å². The van der Waals surface area contributed by atoms with Gasteiger partial charge in [0.25, 0.3) is 11.8 Å². The van der Waals surface area contributed by atoms with Gasteiger partial charge in [-0.1, -0.05) is 35.3 Å². The monoisotopic (exact) mass is 501 g/mol. The minimum Gasteiger partial charge on any atom is -0.341 e. The number of nitrogens with one attached hydrogen (secondary N) is 1. The first-order valence-corrected chi connectivity index (χ1v) is 12.6. The Morgan fingerprint density at radius 3 is 2.12 bits per heavy atom. The van der Waals surface area contributed by atoms with E-state index in [2.05, 4.69) is 5.32 Å². The van der Waals surface area contributed by atoms with Crippen molar-refractivity contribution < 1.29 is 14.4 Å². The quantitative estimate of drug-likeness (QED) is 0.647. The van der Waals surface area contributed by atoms with Crippen LogP contribution in [-0.2, 0) is 4.79 Å². The van der Waals surface area contributed by atoms with Crippen LogP contribution in [0.15, 0.2) is 48.5 Å². The molecule has 8 heteroatoms. The summed E-state index contributed by atoms with van der Waals surface area (Å²) in [6.45, 7) is 2.48. The van der Waals surface area contributed by atoms with E-state index in [1.54, 1.807) is 53.4 Å². The topological polar surface area (TPSA) is 69.7 Å². The highest BCUT2D eigenvalue weighted by Crippen LogP contribution is 2.26. The highest BCUT2D eigenvalue weighted by Gasteiger charge is 2.36. The van der Waals surface area contributed by atoms with E-state index in [0.29, 0.717) is 60.2 Å². The molecule has 0 aromatic heterocycles. The molecule has 2 aromatic carbocycles. The van der Waals surface area contributed by atoms with Crippen molar-refractivity contribution in [3.05, 3.63) is 69.7 Å². The van der Waals surface area contributed by atoms with Gasteiger partial charge in [0.15, 0.2) is 0 Å². The number of nitrogens with zero attached hydrogens (tertiary/aromatic N) is 2.